The molecule has 0 radical (unpaired) electrons. The van der Waals surface area contributed by atoms with Crippen LogP contribution in [0.2, 0.25) is 0 Å². The summed E-state index contributed by atoms with van der Waals surface area (Å²) in [5, 5.41) is 0. The van der Waals surface area contributed by atoms with E-state index in [1.807, 2.05) is 0 Å². The molecule has 86 valence electrons. The summed E-state index contributed by atoms with van der Waals surface area (Å²) in [7, 11) is 0. The Morgan fingerprint density at radius 1 is 1.12 bits per heavy atom. The molecule has 0 N–H and O–H groups in total. The summed E-state index contributed by atoms with van der Waals surface area (Å²) in [6, 6.07) is 8.78. The first-order chi connectivity index (χ1) is 7.71. The highest BCUT2D eigenvalue weighted by atomic mass is 16.5. The van der Waals surface area contributed by atoms with Crippen LogP contribution < -0.4 is 0 Å². The van der Waals surface area contributed by atoms with Gasteiger partial charge in [-0.2, -0.15) is 0 Å². The van der Waals surface area contributed by atoms with Gasteiger partial charge in [-0.15, -0.1) is 0 Å². The van der Waals surface area contributed by atoms with Crippen molar-refractivity contribution in [2.45, 2.75) is 51.2 Å². The third kappa shape index (κ3) is 1.41. The van der Waals surface area contributed by atoms with E-state index in [1.54, 1.807) is 0 Å². The molecule has 3 rings (SSSR count). The van der Waals surface area contributed by atoms with E-state index in [9.17, 15) is 0 Å². The fourth-order valence-electron chi connectivity index (χ4n) is 3.35. The molecule has 2 aliphatic rings. The Morgan fingerprint density at radius 2 is 1.81 bits per heavy atom. The predicted molar refractivity (Wildman–Crippen MR) is 65.3 cm³/mol. The van der Waals surface area contributed by atoms with Crippen molar-refractivity contribution >= 4 is 0 Å². The number of fused-ring (bicyclic) bond motifs is 2. The van der Waals surface area contributed by atoms with Crippen LogP contribution in [0.3, 0.4) is 0 Å². The van der Waals surface area contributed by atoms with E-state index in [2.05, 4.69) is 38.1 Å². The molecule has 0 bridgehead atoms. The van der Waals surface area contributed by atoms with E-state index in [0.717, 1.165) is 5.92 Å². The maximum Gasteiger partial charge on any atom is 0.0943 e. The standard InChI is InChI=1S/C15H20O/c1-11-7-9-15(10-8-11)14-6-4-3-5-13(14)12(2)16-15/h3-6,11-12H,7-10H2,1-2H3. The maximum absolute atomic E-state index is 6.31. The SMILES string of the molecule is CC1CCC2(CC1)OC(C)c1ccccc12. The highest BCUT2D eigenvalue weighted by Crippen LogP contribution is 2.51. The smallest absolute Gasteiger partial charge is 0.0943 e. The van der Waals surface area contributed by atoms with Crippen molar-refractivity contribution in [3.05, 3.63) is 35.4 Å². The molecule has 1 heterocycles. The molecule has 1 aliphatic carbocycles. The summed E-state index contributed by atoms with van der Waals surface area (Å²) in [4.78, 5) is 0. The quantitative estimate of drug-likeness (QED) is 0.632. The van der Waals surface area contributed by atoms with E-state index in [4.69, 9.17) is 4.74 Å². The lowest BCUT2D eigenvalue weighted by molar-refractivity contribution is -0.0976. The molecule has 0 aromatic heterocycles. The van der Waals surface area contributed by atoms with Crippen LogP contribution in [-0.2, 0) is 10.3 Å². The first-order valence-corrected chi connectivity index (χ1v) is 6.48. The normalized spacial score (nSPS) is 37.6. The zero-order chi connectivity index (χ0) is 11.2. The van der Waals surface area contributed by atoms with Crippen molar-refractivity contribution < 1.29 is 4.74 Å². The van der Waals surface area contributed by atoms with E-state index in [-0.39, 0.29) is 11.7 Å². The first-order valence-electron chi connectivity index (χ1n) is 6.48. The molecular weight excluding hydrogens is 196 g/mol. The number of hydrogen-bond donors (Lipinski definition) is 0. The van der Waals surface area contributed by atoms with Crippen LogP contribution in [0.4, 0.5) is 0 Å². The highest BCUT2D eigenvalue weighted by Gasteiger charge is 2.44. The van der Waals surface area contributed by atoms with Gasteiger partial charge in [-0.1, -0.05) is 31.2 Å². The minimum atomic E-state index is 0.0581. The van der Waals surface area contributed by atoms with Crippen LogP contribution in [0.15, 0.2) is 24.3 Å². The lowest BCUT2D eigenvalue weighted by atomic mass is 9.75. The van der Waals surface area contributed by atoms with Gasteiger partial charge in [-0.05, 0) is 49.7 Å². The third-order valence-corrected chi connectivity index (χ3v) is 4.37. The van der Waals surface area contributed by atoms with Crippen molar-refractivity contribution in [2.24, 2.45) is 5.92 Å². The van der Waals surface area contributed by atoms with E-state index < -0.39 is 0 Å². The van der Waals surface area contributed by atoms with Crippen LogP contribution in [0.5, 0.6) is 0 Å². The summed E-state index contributed by atoms with van der Waals surface area (Å²) in [6.45, 7) is 4.54. The Labute approximate surface area is 97.8 Å². The van der Waals surface area contributed by atoms with Gasteiger partial charge in [-0.3, -0.25) is 0 Å². The van der Waals surface area contributed by atoms with E-state index in [0.29, 0.717) is 0 Å². The molecule has 1 atom stereocenters. The maximum atomic E-state index is 6.31. The fraction of sp³-hybridized carbons (Fsp3) is 0.600. The van der Waals surface area contributed by atoms with Gasteiger partial charge in [0.05, 0.1) is 11.7 Å². The average molecular weight is 216 g/mol. The first kappa shape index (κ1) is 10.3. The monoisotopic (exact) mass is 216 g/mol. The van der Waals surface area contributed by atoms with Gasteiger partial charge in [0.25, 0.3) is 0 Å². The molecule has 1 saturated carbocycles. The molecule has 1 unspecified atom stereocenters. The minimum absolute atomic E-state index is 0.0581. The Hall–Kier alpha value is -0.820. The summed E-state index contributed by atoms with van der Waals surface area (Å²) in [5.41, 5.74) is 2.94. The van der Waals surface area contributed by atoms with E-state index in [1.165, 1.54) is 36.8 Å². The van der Waals surface area contributed by atoms with Gasteiger partial charge < -0.3 is 4.74 Å². The second kappa shape index (κ2) is 3.59. The Balaban J connectivity index is 1.99. The number of ether oxygens (including phenoxy) is 1. The molecule has 16 heavy (non-hydrogen) atoms. The number of benzene rings is 1. The summed E-state index contributed by atoms with van der Waals surface area (Å²) >= 11 is 0. The lowest BCUT2D eigenvalue weighted by Gasteiger charge is -2.36. The Kier molecular flexibility index (Phi) is 2.32. The molecule has 1 fully saturated rings. The van der Waals surface area contributed by atoms with Crippen LogP contribution in [0.1, 0.15) is 56.8 Å². The second-order valence-corrected chi connectivity index (χ2v) is 5.52. The summed E-state index contributed by atoms with van der Waals surface area (Å²) in [5.74, 6) is 0.872. The molecule has 1 aromatic carbocycles. The van der Waals surface area contributed by atoms with Crippen molar-refractivity contribution in [3.63, 3.8) is 0 Å². The Bertz CT molecular complexity index is 388. The molecule has 1 aromatic rings. The summed E-state index contributed by atoms with van der Waals surface area (Å²) in [6.07, 6.45) is 5.30. The molecular formula is C15H20O. The molecule has 1 nitrogen and oxygen atoms in total. The predicted octanol–water partition coefficient (Wildman–Crippen LogP) is 4.18. The van der Waals surface area contributed by atoms with Crippen molar-refractivity contribution in [1.29, 1.82) is 0 Å². The molecule has 1 spiro atoms. The number of hydrogen-bond acceptors (Lipinski definition) is 1. The minimum Gasteiger partial charge on any atom is -0.363 e. The molecule has 0 amide bonds. The zero-order valence-corrected chi connectivity index (χ0v) is 10.2. The van der Waals surface area contributed by atoms with Gasteiger partial charge in [0.2, 0.25) is 0 Å². The largest absolute Gasteiger partial charge is 0.363 e. The highest BCUT2D eigenvalue weighted by molar-refractivity contribution is 5.38. The van der Waals surface area contributed by atoms with Crippen LogP contribution in [-0.4, -0.2) is 0 Å². The van der Waals surface area contributed by atoms with Crippen molar-refractivity contribution in [1.82, 2.24) is 0 Å². The molecule has 1 heteroatoms. The van der Waals surface area contributed by atoms with Gasteiger partial charge in [0.1, 0.15) is 0 Å². The van der Waals surface area contributed by atoms with E-state index >= 15 is 0 Å². The number of rotatable bonds is 0. The van der Waals surface area contributed by atoms with Crippen molar-refractivity contribution in [2.75, 3.05) is 0 Å². The second-order valence-electron chi connectivity index (χ2n) is 5.52. The van der Waals surface area contributed by atoms with Gasteiger partial charge >= 0.3 is 0 Å². The lowest BCUT2D eigenvalue weighted by Crippen LogP contribution is -2.30. The fourth-order valence-corrected chi connectivity index (χ4v) is 3.35. The van der Waals surface area contributed by atoms with Crippen LogP contribution in [0, 0.1) is 5.92 Å². The third-order valence-electron chi connectivity index (χ3n) is 4.37. The van der Waals surface area contributed by atoms with Crippen molar-refractivity contribution in [3.8, 4) is 0 Å². The topological polar surface area (TPSA) is 9.23 Å². The molecule has 1 aliphatic heterocycles. The van der Waals surface area contributed by atoms with Gasteiger partial charge in [0.15, 0.2) is 0 Å². The van der Waals surface area contributed by atoms with Crippen LogP contribution >= 0.6 is 0 Å². The average Bonchev–Trinajstić information content (AvgIpc) is 2.58. The Morgan fingerprint density at radius 3 is 2.56 bits per heavy atom. The van der Waals surface area contributed by atoms with Crippen LogP contribution in [0.25, 0.3) is 0 Å². The van der Waals surface area contributed by atoms with Gasteiger partial charge in [0, 0.05) is 0 Å². The zero-order valence-electron chi connectivity index (χ0n) is 10.2. The summed E-state index contributed by atoms with van der Waals surface area (Å²) < 4.78 is 6.31. The molecule has 0 saturated heterocycles. The van der Waals surface area contributed by atoms with Gasteiger partial charge in [-0.25, -0.2) is 0 Å².